The van der Waals surface area contributed by atoms with E-state index in [0.717, 1.165) is 0 Å². The zero-order valence-electron chi connectivity index (χ0n) is 18.7. The topological polar surface area (TPSA) is 178 Å². The minimum atomic E-state index is -2.74. The first-order chi connectivity index (χ1) is 15.1. The van der Waals surface area contributed by atoms with Crippen molar-refractivity contribution in [3.8, 4) is 5.75 Å². The molecule has 1 fully saturated rings. The zero-order chi connectivity index (χ0) is 24.8. The number of phenols is 1. The van der Waals surface area contributed by atoms with Crippen LogP contribution in [0.4, 0.5) is 0 Å². The van der Waals surface area contributed by atoms with Crippen LogP contribution >= 0.6 is 0 Å². The monoisotopic (exact) mass is 459 g/mol. The highest BCUT2D eigenvalue weighted by Gasteiger charge is 2.68. The number of primary amides is 1. The minimum Gasteiger partial charge on any atom is -0.508 e. The predicted octanol–water partition coefficient (Wildman–Crippen LogP) is -0.226. The van der Waals surface area contributed by atoms with Crippen molar-refractivity contribution in [2.45, 2.75) is 30.6 Å². The molecule has 0 saturated heterocycles. The van der Waals surface area contributed by atoms with E-state index in [1.807, 2.05) is 0 Å². The van der Waals surface area contributed by atoms with Crippen LogP contribution in [-0.4, -0.2) is 80.3 Å². The summed E-state index contributed by atoms with van der Waals surface area (Å²) in [7, 11) is 4.89. The van der Waals surface area contributed by atoms with Crippen molar-refractivity contribution in [3.05, 3.63) is 46.2 Å². The van der Waals surface area contributed by atoms with Gasteiger partial charge in [-0.15, -0.1) is 0 Å². The van der Waals surface area contributed by atoms with Crippen LogP contribution in [0.2, 0.25) is 0 Å². The van der Waals surface area contributed by atoms with Crippen molar-refractivity contribution in [1.29, 1.82) is 0 Å². The minimum absolute atomic E-state index is 0.111. The zero-order valence-corrected chi connectivity index (χ0v) is 18.7. The number of Topliss-reactive ketones (excluding diaryl/α,β-unsaturated/α-hetero) is 2. The molecule has 1 aromatic rings. The highest BCUT2D eigenvalue weighted by Crippen LogP contribution is 2.57. The highest BCUT2D eigenvalue weighted by molar-refractivity contribution is 6.24. The number of amides is 1. The number of quaternary nitrogens is 1. The second kappa shape index (κ2) is 6.66. The van der Waals surface area contributed by atoms with Crippen LogP contribution < -0.4 is 5.73 Å². The molecule has 1 amide bonds. The first kappa shape index (κ1) is 23.0. The van der Waals surface area contributed by atoms with E-state index in [4.69, 9.17) is 5.73 Å². The van der Waals surface area contributed by atoms with Gasteiger partial charge in [-0.25, -0.2) is 0 Å². The van der Waals surface area contributed by atoms with Crippen LogP contribution in [0.15, 0.2) is 35.1 Å². The molecule has 1 saturated carbocycles. The number of aliphatic hydroxyl groups is 4. The maximum absolute atomic E-state index is 13.8. The largest absolute Gasteiger partial charge is 0.508 e. The number of hydrogen-bond donors (Lipinski definition) is 6. The average molecular weight is 459 g/mol. The average Bonchev–Trinajstić information content (AvgIpc) is 2.67. The lowest BCUT2D eigenvalue weighted by molar-refractivity contribution is -0.891. The van der Waals surface area contributed by atoms with Gasteiger partial charge in [-0.2, -0.15) is 0 Å². The summed E-state index contributed by atoms with van der Waals surface area (Å²) >= 11 is 0. The number of aliphatic hydroxyl groups excluding tert-OH is 2. The third kappa shape index (κ3) is 2.74. The van der Waals surface area contributed by atoms with Crippen molar-refractivity contribution in [2.24, 2.45) is 17.6 Å². The number of fused-ring (bicyclic) bond motifs is 3. The lowest BCUT2D eigenvalue weighted by atomic mass is 9.54. The number of benzene rings is 1. The fraction of sp³-hybridized carbons (Fsp3) is 0.435. The molecule has 0 spiro atoms. The van der Waals surface area contributed by atoms with Gasteiger partial charge in [-0.3, -0.25) is 14.4 Å². The van der Waals surface area contributed by atoms with E-state index in [-0.39, 0.29) is 22.0 Å². The second-order valence-corrected chi connectivity index (χ2v) is 10.1. The van der Waals surface area contributed by atoms with E-state index >= 15 is 0 Å². The van der Waals surface area contributed by atoms with Gasteiger partial charge in [0, 0.05) is 11.5 Å². The number of nitrogens with two attached hydrogens (primary N) is 1. The molecule has 5 atom stereocenters. The van der Waals surface area contributed by atoms with E-state index in [0.29, 0.717) is 0 Å². The first-order valence-corrected chi connectivity index (χ1v) is 10.4. The Bertz CT molecular complexity index is 1190. The van der Waals surface area contributed by atoms with Gasteiger partial charge in [0.25, 0.3) is 5.91 Å². The van der Waals surface area contributed by atoms with Gasteiger partial charge < -0.3 is 35.7 Å². The number of nitrogens with zero attached hydrogens (tertiary/aromatic N) is 1. The molecule has 176 valence electrons. The maximum atomic E-state index is 13.8. The number of carbonyl (C=O) groups is 3. The van der Waals surface area contributed by atoms with Gasteiger partial charge in [0.05, 0.1) is 38.2 Å². The Morgan fingerprint density at radius 3 is 2.27 bits per heavy atom. The molecule has 3 unspecified atom stereocenters. The van der Waals surface area contributed by atoms with Gasteiger partial charge in [0.15, 0.2) is 11.6 Å². The molecule has 1 aromatic carbocycles. The van der Waals surface area contributed by atoms with Gasteiger partial charge >= 0.3 is 0 Å². The molecule has 0 radical (unpaired) electrons. The molecule has 0 heterocycles. The molecule has 10 heteroatoms. The Morgan fingerprint density at radius 2 is 1.73 bits per heavy atom. The second-order valence-electron chi connectivity index (χ2n) is 10.1. The summed E-state index contributed by atoms with van der Waals surface area (Å²) in [4.78, 5) is 39.1. The highest BCUT2D eigenvalue weighted by atomic mass is 16.3. The molecule has 3 aliphatic carbocycles. The van der Waals surface area contributed by atoms with E-state index in [9.17, 15) is 39.9 Å². The van der Waals surface area contributed by atoms with E-state index in [2.05, 4.69) is 0 Å². The Labute approximate surface area is 189 Å². The Morgan fingerprint density at radius 1 is 1.12 bits per heavy atom. The van der Waals surface area contributed by atoms with Gasteiger partial charge in [-0.1, -0.05) is 12.1 Å². The van der Waals surface area contributed by atoms with E-state index in [1.165, 1.54) is 25.1 Å². The van der Waals surface area contributed by atoms with Crippen molar-refractivity contribution in [2.75, 3.05) is 21.1 Å². The molecule has 4 rings (SSSR count). The predicted molar refractivity (Wildman–Crippen MR) is 114 cm³/mol. The van der Waals surface area contributed by atoms with Crippen LogP contribution in [0.25, 0.3) is 5.76 Å². The third-order valence-electron chi connectivity index (χ3n) is 7.30. The van der Waals surface area contributed by atoms with Crippen molar-refractivity contribution in [1.82, 2.24) is 0 Å². The third-order valence-corrected chi connectivity index (χ3v) is 7.30. The summed E-state index contributed by atoms with van der Waals surface area (Å²) in [5.41, 5.74) is -0.460. The van der Waals surface area contributed by atoms with Crippen LogP contribution in [0.5, 0.6) is 5.75 Å². The smallest absolute Gasteiger partial charge is 0.256 e. The van der Waals surface area contributed by atoms with E-state index < -0.39 is 75.0 Å². The molecule has 0 bridgehead atoms. The summed E-state index contributed by atoms with van der Waals surface area (Å²) in [6.45, 7) is 1.41. The number of ketones is 2. The van der Waals surface area contributed by atoms with Crippen LogP contribution in [0, 0.1) is 11.8 Å². The van der Waals surface area contributed by atoms with Gasteiger partial charge in [0.1, 0.15) is 22.8 Å². The molecule has 33 heavy (non-hydrogen) atoms. The summed E-state index contributed by atoms with van der Waals surface area (Å²) in [6, 6.07) is 3.09. The Hall–Kier alpha value is -3.21. The van der Waals surface area contributed by atoms with Crippen molar-refractivity contribution < 1.29 is 44.4 Å². The Balaban J connectivity index is 2.07. The number of likely N-dealkylation sites (N-methyl/N-ethyl adjacent to an activating group) is 1. The summed E-state index contributed by atoms with van der Waals surface area (Å²) in [5, 5.41) is 55.3. The van der Waals surface area contributed by atoms with Gasteiger partial charge in [0.2, 0.25) is 11.6 Å². The fourth-order valence-corrected chi connectivity index (χ4v) is 5.80. The first-order valence-electron chi connectivity index (χ1n) is 10.4. The normalized spacial score (nSPS) is 34.1. The summed E-state index contributed by atoms with van der Waals surface area (Å²) in [5.74, 6) is -7.81. The molecular weight excluding hydrogens is 432 g/mol. The summed E-state index contributed by atoms with van der Waals surface area (Å²) in [6.07, 6.45) is -0.189. The van der Waals surface area contributed by atoms with Gasteiger partial charge in [-0.05, 0) is 25.0 Å². The fourth-order valence-electron chi connectivity index (χ4n) is 5.80. The summed E-state index contributed by atoms with van der Waals surface area (Å²) < 4.78 is -0.111. The molecule has 10 nitrogen and oxygen atoms in total. The Kier molecular flexibility index (Phi) is 4.63. The molecule has 7 N–H and O–H groups in total. The lowest BCUT2D eigenvalue weighted by Crippen LogP contribution is -2.70. The lowest BCUT2D eigenvalue weighted by Gasteiger charge is -2.53. The molecule has 0 aromatic heterocycles. The number of phenolic OH excluding ortho intramolecular Hbond substituents is 1. The van der Waals surface area contributed by atoms with Crippen LogP contribution in [0.3, 0.4) is 0 Å². The molecular formula is C23H27N2O8+. The molecule has 3 aliphatic rings. The molecule has 0 aliphatic heterocycles. The number of aromatic hydroxyl groups is 1. The van der Waals surface area contributed by atoms with Crippen LogP contribution in [-0.2, 0) is 20.0 Å². The van der Waals surface area contributed by atoms with Crippen LogP contribution in [0.1, 0.15) is 24.5 Å². The number of hydrogen-bond acceptors (Lipinski definition) is 8. The van der Waals surface area contributed by atoms with Crippen molar-refractivity contribution in [3.63, 3.8) is 0 Å². The SMILES string of the molecule is C[C@@]1(O)c2cccc(O)c2C(O)=C2C(=O)[C@]3(O)C(O)=C(C(N)=O)C(=O)C([N+](C)(C)C)C3CC21. The number of carbonyl (C=O) groups excluding carboxylic acids is 3. The van der Waals surface area contributed by atoms with Crippen molar-refractivity contribution >= 4 is 23.2 Å². The van der Waals surface area contributed by atoms with E-state index in [1.54, 1.807) is 21.1 Å². The number of rotatable bonds is 2. The standard InChI is InChI=1S/C23H26N2O8/c1-22(32)9-6-5-7-12(26)13(9)17(27)14-10(22)8-11-16(25(2,3)4)18(28)15(21(24)31)20(30)23(11,33)19(14)29/h5-7,10-11,16,32-33H,8H2,1-4H3,(H4-,24,26,27,28,29,30,31)/p+1/t10?,11?,16?,22-,23+/m1/s1. The maximum Gasteiger partial charge on any atom is 0.256 e. The quantitative estimate of drug-likeness (QED) is 0.259.